The zero-order valence-corrected chi connectivity index (χ0v) is 11.0. The van der Waals surface area contributed by atoms with Crippen LogP contribution in [0.1, 0.15) is 28.6 Å². The second-order valence-electron chi connectivity index (χ2n) is 3.91. The number of hydrogen-bond donors (Lipinski definition) is 1. The number of thiophene rings is 1. The molecule has 0 unspecified atom stereocenters. The average Bonchev–Trinajstić information content (AvgIpc) is 2.90. The number of nitrogens with two attached hydrogens (primary N) is 1. The molecule has 0 aliphatic heterocycles. The highest BCUT2D eigenvalue weighted by Crippen LogP contribution is 2.25. The van der Waals surface area contributed by atoms with Crippen molar-refractivity contribution in [2.75, 3.05) is 12.3 Å². The van der Waals surface area contributed by atoms with E-state index in [2.05, 4.69) is 0 Å². The van der Waals surface area contributed by atoms with Gasteiger partial charge in [-0.25, -0.2) is 0 Å². The van der Waals surface area contributed by atoms with Crippen molar-refractivity contribution in [2.24, 2.45) is 0 Å². The fourth-order valence-corrected chi connectivity index (χ4v) is 2.27. The topological polar surface area (TPSA) is 52.3 Å². The first-order chi connectivity index (χ1) is 8.72. The lowest BCUT2D eigenvalue weighted by atomic mass is 10.1. The molecular weight excluding hydrogens is 246 g/mol. The minimum absolute atomic E-state index is 0.00117. The Morgan fingerprint density at radius 2 is 2.22 bits per heavy atom. The van der Waals surface area contributed by atoms with Crippen LogP contribution in [0.5, 0.6) is 5.75 Å². The van der Waals surface area contributed by atoms with Crippen molar-refractivity contribution in [3.8, 4) is 5.75 Å². The third kappa shape index (κ3) is 2.71. The van der Waals surface area contributed by atoms with Gasteiger partial charge in [-0.1, -0.05) is 13.0 Å². The monoisotopic (exact) mass is 261 g/mol. The fraction of sp³-hybridized carbons (Fsp3) is 0.214. The molecule has 18 heavy (non-hydrogen) atoms. The number of carbonyl (C=O) groups excluding carboxylic acids is 1. The molecule has 3 nitrogen and oxygen atoms in total. The first-order valence-corrected chi connectivity index (χ1v) is 6.71. The van der Waals surface area contributed by atoms with Gasteiger partial charge in [-0.15, -0.1) is 11.3 Å². The van der Waals surface area contributed by atoms with Crippen molar-refractivity contribution in [1.29, 1.82) is 0 Å². The molecular formula is C14H15NO2S. The number of rotatable bonds is 5. The number of ketones is 1. The van der Waals surface area contributed by atoms with Crippen molar-refractivity contribution in [3.63, 3.8) is 0 Å². The molecule has 4 heteroatoms. The number of benzene rings is 1. The summed E-state index contributed by atoms with van der Waals surface area (Å²) in [4.78, 5) is 12.8. The van der Waals surface area contributed by atoms with Gasteiger partial charge in [0.15, 0.2) is 0 Å². The molecule has 0 spiro atoms. The van der Waals surface area contributed by atoms with E-state index in [-0.39, 0.29) is 5.78 Å². The third-order valence-electron chi connectivity index (χ3n) is 2.48. The van der Waals surface area contributed by atoms with Gasteiger partial charge in [0.05, 0.1) is 17.2 Å². The van der Waals surface area contributed by atoms with Crippen LogP contribution in [0.4, 0.5) is 5.69 Å². The van der Waals surface area contributed by atoms with E-state index in [9.17, 15) is 4.79 Å². The zero-order valence-electron chi connectivity index (χ0n) is 10.2. The third-order valence-corrected chi connectivity index (χ3v) is 3.35. The smallest absolute Gasteiger partial charge is 0.203 e. The molecule has 0 bridgehead atoms. The fourth-order valence-electron chi connectivity index (χ4n) is 1.58. The van der Waals surface area contributed by atoms with E-state index in [0.29, 0.717) is 23.6 Å². The summed E-state index contributed by atoms with van der Waals surface area (Å²) in [5.41, 5.74) is 6.98. The SMILES string of the molecule is CCCOc1ccc(C(=O)c2cccs2)cc1N. The Hall–Kier alpha value is -1.81. The molecule has 2 N–H and O–H groups in total. The Labute approximate surface area is 110 Å². The second kappa shape index (κ2) is 5.69. The largest absolute Gasteiger partial charge is 0.491 e. The summed E-state index contributed by atoms with van der Waals surface area (Å²) in [7, 11) is 0. The Kier molecular flexibility index (Phi) is 3.99. The number of carbonyl (C=O) groups is 1. The normalized spacial score (nSPS) is 10.3. The summed E-state index contributed by atoms with van der Waals surface area (Å²) >= 11 is 1.43. The van der Waals surface area contributed by atoms with Crippen molar-refractivity contribution in [3.05, 3.63) is 46.2 Å². The highest BCUT2D eigenvalue weighted by atomic mass is 32.1. The molecule has 94 valence electrons. The van der Waals surface area contributed by atoms with E-state index in [1.807, 2.05) is 24.4 Å². The van der Waals surface area contributed by atoms with E-state index in [4.69, 9.17) is 10.5 Å². The maximum Gasteiger partial charge on any atom is 0.203 e. The van der Waals surface area contributed by atoms with Crippen LogP contribution in [0.2, 0.25) is 0 Å². The number of anilines is 1. The van der Waals surface area contributed by atoms with Crippen LogP contribution in [0.25, 0.3) is 0 Å². The Bertz CT molecular complexity index is 535. The summed E-state index contributed by atoms with van der Waals surface area (Å²) in [6.07, 6.45) is 0.926. The molecule has 2 rings (SSSR count). The lowest BCUT2D eigenvalue weighted by Crippen LogP contribution is -2.03. The lowest BCUT2D eigenvalue weighted by molar-refractivity contribution is 0.104. The lowest BCUT2D eigenvalue weighted by Gasteiger charge is -2.08. The average molecular weight is 261 g/mol. The van der Waals surface area contributed by atoms with Crippen molar-refractivity contribution >= 4 is 22.8 Å². The number of nitrogen functional groups attached to an aromatic ring is 1. The predicted molar refractivity (Wildman–Crippen MR) is 74.4 cm³/mol. The zero-order chi connectivity index (χ0) is 13.0. The van der Waals surface area contributed by atoms with Gasteiger partial charge < -0.3 is 10.5 Å². The van der Waals surface area contributed by atoms with E-state index < -0.39 is 0 Å². The minimum atomic E-state index is -0.00117. The first kappa shape index (κ1) is 12.6. The summed E-state index contributed by atoms with van der Waals surface area (Å²) in [6.45, 7) is 2.66. The summed E-state index contributed by atoms with van der Waals surface area (Å²) in [5.74, 6) is 0.637. The van der Waals surface area contributed by atoms with Gasteiger partial charge in [0.25, 0.3) is 0 Å². The van der Waals surface area contributed by atoms with E-state index in [1.54, 1.807) is 18.2 Å². The molecule has 0 saturated carbocycles. The Morgan fingerprint density at radius 1 is 1.39 bits per heavy atom. The molecule has 0 atom stereocenters. The highest BCUT2D eigenvalue weighted by molar-refractivity contribution is 7.12. The van der Waals surface area contributed by atoms with Crippen LogP contribution in [0.3, 0.4) is 0 Å². The van der Waals surface area contributed by atoms with Crippen molar-refractivity contribution in [2.45, 2.75) is 13.3 Å². The Balaban J connectivity index is 2.21. The molecule has 0 saturated heterocycles. The van der Waals surface area contributed by atoms with Gasteiger partial charge in [-0.3, -0.25) is 4.79 Å². The van der Waals surface area contributed by atoms with Crippen molar-refractivity contribution < 1.29 is 9.53 Å². The molecule has 1 heterocycles. The predicted octanol–water partition coefficient (Wildman–Crippen LogP) is 3.35. The van der Waals surface area contributed by atoms with Gasteiger partial charge in [-0.05, 0) is 36.1 Å². The van der Waals surface area contributed by atoms with E-state index in [1.165, 1.54) is 11.3 Å². The van der Waals surface area contributed by atoms with Gasteiger partial charge in [-0.2, -0.15) is 0 Å². The minimum Gasteiger partial charge on any atom is -0.491 e. The maximum atomic E-state index is 12.1. The highest BCUT2D eigenvalue weighted by Gasteiger charge is 2.11. The van der Waals surface area contributed by atoms with E-state index in [0.717, 1.165) is 11.3 Å². The van der Waals surface area contributed by atoms with Crippen LogP contribution in [-0.2, 0) is 0 Å². The van der Waals surface area contributed by atoms with Crippen LogP contribution >= 0.6 is 11.3 Å². The Morgan fingerprint density at radius 3 is 2.83 bits per heavy atom. The van der Waals surface area contributed by atoms with Gasteiger partial charge in [0.1, 0.15) is 5.75 Å². The molecule has 1 aromatic carbocycles. The molecule has 0 amide bonds. The summed E-state index contributed by atoms with van der Waals surface area (Å²) in [6, 6.07) is 8.85. The summed E-state index contributed by atoms with van der Waals surface area (Å²) < 4.78 is 5.48. The van der Waals surface area contributed by atoms with Crippen LogP contribution < -0.4 is 10.5 Å². The van der Waals surface area contributed by atoms with Crippen LogP contribution in [0.15, 0.2) is 35.7 Å². The van der Waals surface area contributed by atoms with Gasteiger partial charge >= 0.3 is 0 Å². The number of ether oxygens (including phenoxy) is 1. The summed E-state index contributed by atoms with van der Waals surface area (Å²) in [5, 5.41) is 1.88. The molecule has 0 radical (unpaired) electrons. The molecule has 1 aromatic heterocycles. The van der Waals surface area contributed by atoms with E-state index >= 15 is 0 Å². The molecule has 0 aliphatic rings. The first-order valence-electron chi connectivity index (χ1n) is 5.83. The molecule has 0 aliphatic carbocycles. The molecule has 2 aromatic rings. The second-order valence-corrected chi connectivity index (χ2v) is 4.86. The molecule has 0 fully saturated rings. The number of hydrogen-bond acceptors (Lipinski definition) is 4. The van der Waals surface area contributed by atoms with Gasteiger partial charge in [0, 0.05) is 5.56 Å². The van der Waals surface area contributed by atoms with Crippen LogP contribution in [0, 0.1) is 0 Å². The van der Waals surface area contributed by atoms with Crippen molar-refractivity contribution in [1.82, 2.24) is 0 Å². The standard InChI is InChI=1S/C14H15NO2S/c1-2-7-17-12-6-5-10(9-11(12)15)14(16)13-4-3-8-18-13/h3-6,8-9H,2,7,15H2,1H3. The quantitative estimate of drug-likeness (QED) is 0.663. The van der Waals surface area contributed by atoms with Gasteiger partial charge in [0.2, 0.25) is 5.78 Å². The maximum absolute atomic E-state index is 12.1. The van der Waals surface area contributed by atoms with Crippen LogP contribution in [-0.4, -0.2) is 12.4 Å².